The van der Waals surface area contributed by atoms with Crippen LogP contribution in [0.3, 0.4) is 0 Å². The number of primary amides is 1. The molecular weight excluding hydrogens is 521 g/mol. The van der Waals surface area contributed by atoms with Crippen LogP contribution < -0.4 is 11.1 Å². The second kappa shape index (κ2) is 14.1. The Labute approximate surface area is 240 Å². The molecule has 41 heavy (non-hydrogen) atoms. The van der Waals surface area contributed by atoms with E-state index in [1.165, 1.54) is 0 Å². The highest BCUT2D eigenvalue weighted by Gasteiger charge is 2.36. The Bertz CT molecular complexity index is 1350. The molecule has 9 nitrogen and oxygen atoms in total. The Hall–Kier alpha value is -3.89. The molecule has 3 atom stereocenters. The molecular formula is C31H38BN3O6. The van der Waals surface area contributed by atoms with Crippen molar-refractivity contribution in [3.8, 4) is 0 Å². The van der Waals surface area contributed by atoms with Crippen LogP contribution in [0.15, 0.2) is 66.7 Å². The zero-order chi connectivity index (χ0) is 29.4. The smallest absolute Gasteiger partial charge is 0.445 e. The minimum atomic E-state index is -1.54. The standard InChI is InChI=1S/C31H38BN3O6/c1-21(17-27(30(33)37)34-31(38)41-20-22-8-3-2-4-9-22)16-26-19-24-11-6-5-10-23(24)18-25(26)13-14-29(36)35-15-7-12-28(35)32(39)40/h2-6,8-11,18-19,21,27-28,39-40H,7,12-17,20H2,1H3,(H2,33,37)(H,34,38). The number of carbonyl (C=O) groups is 3. The molecule has 0 spiro atoms. The first-order valence-electron chi connectivity index (χ1n) is 14.1. The first-order chi connectivity index (χ1) is 19.7. The van der Waals surface area contributed by atoms with Gasteiger partial charge < -0.3 is 30.7 Å². The minimum absolute atomic E-state index is 0.0231. The van der Waals surface area contributed by atoms with Crippen molar-refractivity contribution in [2.24, 2.45) is 11.7 Å². The number of hydrogen-bond donors (Lipinski definition) is 4. The van der Waals surface area contributed by atoms with Gasteiger partial charge in [0, 0.05) is 13.0 Å². The average Bonchev–Trinajstić information content (AvgIpc) is 3.46. The molecule has 3 aromatic rings. The van der Waals surface area contributed by atoms with E-state index in [0.717, 1.165) is 33.9 Å². The van der Waals surface area contributed by atoms with E-state index in [4.69, 9.17) is 10.5 Å². The second-order valence-electron chi connectivity index (χ2n) is 10.9. The number of hydrogen-bond acceptors (Lipinski definition) is 6. The molecule has 0 bridgehead atoms. The van der Waals surface area contributed by atoms with E-state index < -0.39 is 31.1 Å². The summed E-state index contributed by atoms with van der Waals surface area (Å²) in [6, 6.07) is 20.6. The van der Waals surface area contributed by atoms with Crippen molar-refractivity contribution >= 4 is 35.8 Å². The van der Waals surface area contributed by atoms with E-state index in [-0.39, 0.29) is 24.9 Å². The summed E-state index contributed by atoms with van der Waals surface area (Å²) in [5, 5.41) is 24.1. The Balaban J connectivity index is 1.42. The number of nitrogens with one attached hydrogen (secondary N) is 1. The van der Waals surface area contributed by atoms with Gasteiger partial charge in [0.2, 0.25) is 11.8 Å². The molecule has 0 aromatic heterocycles. The molecule has 1 aliphatic rings. The van der Waals surface area contributed by atoms with Crippen molar-refractivity contribution in [3.05, 3.63) is 83.4 Å². The SMILES string of the molecule is CC(Cc1cc2ccccc2cc1CCC(=O)N1CCCC1B(O)O)CC(NC(=O)OCc1ccccc1)C(N)=O. The van der Waals surface area contributed by atoms with Crippen LogP contribution in [0.2, 0.25) is 0 Å². The zero-order valence-corrected chi connectivity index (χ0v) is 23.4. The number of amides is 3. The van der Waals surface area contributed by atoms with Crippen LogP contribution in [0.4, 0.5) is 4.79 Å². The van der Waals surface area contributed by atoms with Gasteiger partial charge in [-0.3, -0.25) is 9.59 Å². The summed E-state index contributed by atoms with van der Waals surface area (Å²) in [5.41, 5.74) is 8.54. The Morgan fingerprint density at radius 2 is 1.71 bits per heavy atom. The fourth-order valence-corrected chi connectivity index (χ4v) is 5.57. The maximum atomic E-state index is 13.0. The fourth-order valence-electron chi connectivity index (χ4n) is 5.57. The maximum absolute atomic E-state index is 13.0. The predicted octanol–water partition coefficient (Wildman–Crippen LogP) is 3.12. The number of benzene rings is 3. The van der Waals surface area contributed by atoms with Crippen molar-refractivity contribution in [1.29, 1.82) is 0 Å². The van der Waals surface area contributed by atoms with E-state index in [9.17, 15) is 24.4 Å². The van der Waals surface area contributed by atoms with Gasteiger partial charge in [0.25, 0.3) is 0 Å². The lowest BCUT2D eigenvalue weighted by Crippen LogP contribution is -2.45. The van der Waals surface area contributed by atoms with Crippen molar-refractivity contribution in [3.63, 3.8) is 0 Å². The summed E-state index contributed by atoms with van der Waals surface area (Å²) >= 11 is 0. The summed E-state index contributed by atoms with van der Waals surface area (Å²) in [7, 11) is -1.54. The Morgan fingerprint density at radius 3 is 2.37 bits per heavy atom. The predicted molar refractivity (Wildman–Crippen MR) is 157 cm³/mol. The van der Waals surface area contributed by atoms with Crippen LogP contribution in [-0.2, 0) is 33.8 Å². The highest BCUT2D eigenvalue weighted by molar-refractivity contribution is 6.43. The molecule has 1 saturated heterocycles. The number of nitrogens with two attached hydrogens (primary N) is 1. The Morgan fingerprint density at radius 1 is 1.05 bits per heavy atom. The minimum Gasteiger partial charge on any atom is -0.445 e. The van der Waals surface area contributed by atoms with E-state index in [2.05, 4.69) is 17.4 Å². The monoisotopic (exact) mass is 559 g/mol. The molecule has 5 N–H and O–H groups in total. The third-order valence-corrected chi connectivity index (χ3v) is 7.69. The van der Waals surface area contributed by atoms with Crippen molar-refractivity contribution in [2.45, 2.75) is 64.0 Å². The van der Waals surface area contributed by atoms with Crippen molar-refractivity contribution < 1.29 is 29.2 Å². The van der Waals surface area contributed by atoms with Crippen LogP contribution in [-0.4, -0.2) is 58.5 Å². The van der Waals surface area contributed by atoms with Gasteiger partial charge in [0.15, 0.2) is 0 Å². The molecule has 3 amide bonds. The van der Waals surface area contributed by atoms with Crippen LogP contribution in [0, 0.1) is 5.92 Å². The lowest BCUT2D eigenvalue weighted by molar-refractivity contribution is -0.131. The van der Waals surface area contributed by atoms with Gasteiger partial charge in [0.1, 0.15) is 12.6 Å². The highest BCUT2D eigenvalue weighted by atomic mass is 16.5. The lowest BCUT2D eigenvalue weighted by atomic mass is 9.78. The summed E-state index contributed by atoms with van der Waals surface area (Å²) in [6.07, 6.45) is 2.31. The summed E-state index contributed by atoms with van der Waals surface area (Å²) < 4.78 is 5.27. The van der Waals surface area contributed by atoms with E-state index in [1.54, 1.807) is 4.90 Å². The summed E-state index contributed by atoms with van der Waals surface area (Å²) in [6.45, 7) is 2.61. The molecule has 0 saturated carbocycles. The quantitative estimate of drug-likeness (QED) is 0.251. The van der Waals surface area contributed by atoms with Crippen molar-refractivity contribution in [1.82, 2.24) is 10.2 Å². The summed E-state index contributed by atoms with van der Waals surface area (Å²) in [5.74, 6) is -1.31. The number of ether oxygens (including phenoxy) is 1. The molecule has 4 rings (SSSR count). The van der Waals surface area contributed by atoms with Crippen LogP contribution in [0.1, 0.15) is 49.3 Å². The first kappa shape index (κ1) is 30.1. The van der Waals surface area contributed by atoms with Gasteiger partial charge in [-0.25, -0.2) is 4.79 Å². The van der Waals surface area contributed by atoms with Gasteiger partial charge in [0.05, 0.1) is 5.94 Å². The van der Waals surface area contributed by atoms with E-state index >= 15 is 0 Å². The van der Waals surface area contributed by atoms with Gasteiger partial charge in [-0.1, -0.05) is 73.7 Å². The number of fused-ring (bicyclic) bond motifs is 1. The first-order valence-corrected chi connectivity index (χ1v) is 14.1. The van der Waals surface area contributed by atoms with E-state index in [0.29, 0.717) is 32.2 Å². The lowest BCUT2D eigenvalue weighted by Gasteiger charge is -2.24. The van der Waals surface area contributed by atoms with Crippen LogP contribution in [0.5, 0.6) is 0 Å². The van der Waals surface area contributed by atoms with Crippen LogP contribution in [0.25, 0.3) is 10.8 Å². The maximum Gasteiger partial charge on any atom is 0.475 e. The number of rotatable bonds is 12. The molecule has 1 fully saturated rings. The fraction of sp³-hybridized carbons (Fsp3) is 0.387. The normalized spacial score (nSPS) is 16.3. The number of carbonyl (C=O) groups excluding carboxylic acids is 3. The summed E-state index contributed by atoms with van der Waals surface area (Å²) in [4.78, 5) is 39.2. The molecule has 0 aliphatic carbocycles. The molecule has 3 unspecified atom stereocenters. The largest absolute Gasteiger partial charge is 0.475 e. The average molecular weight is 559 g/mol. The Kier molecular flexibility index (Phi) is 10.4. The number of alkyl carbamates (subject to hydrolysis) is 1. The molecule has 10 heteroatoms. The topological polar surface area (TPSA) is 142 Å². The molecule has 1 heterocycles. The highest BCUT2D eigenvalue weighted by Crippen LogP contribution is 2.26. The molecule has 0 radical (unpaired) electrons. The number of likely N-dealkylation sites (tertiary alicyclic amines) is 1. The number of nitrogens with zero attached hydrogens (tertiary/aromatic N) is 1. The third-order valence-electron chi connectivity index (χ3n) is 7.69. The molecule has 1 aliphatic heterocycles. The van der Waals surface area contributed by atoms with Crippen LogP contribution >= 0.6 is 0 Å². The van der Waals surface area contributed by atoms with E-state index in [1.807, 2.05) is 61.5 Å². The van der Waals surface area contributed by atoms with Crippen molar-refractivity contribution in [2.75, 3.05) is 6.54 Å². The van der Waals surface area contributed by atoms with Gasteiger partial charge in [-0.05, 0) is 65.5 Å². The molecule has 3 aromatic carbocycles. The number of aryl methyl sites for hydroxylation is 1. The van der Waals surface area contributed by atoms with Gasteiger partial charge >= 0.3 is 13.2 Å². The third kappa shape index (κ3) is 8.31. The molecule has 216 valence electrons. The van der Waals surface area contributed by atoms with Gasteiger partial charge in [-0.15, -0.1) is 0 Å². The second-order valence-corrected chi connectivity index (χ2v) is 10.9. The van der Waals surface area contributed by atoms with Gasteiger partial charge in [-0.2, -0.15) is 0 Å². The zero-order valence-electron chi connectivity index (χ0n) is 23.4.